The maximum absolute atomic E-state index is 4.43. The summed E-state index contributed by atoms with van der Waals surface area (Å²) in [7, 11) is 2.04. The SMILES string of the molecule is CC(C)NCc1cn(Cc2nccn2C)c2ccccc12. The van der Waals surface area contributed by atoms with E-state index in [4.69, 9.17) is 0 Å². The maximum Gasteiger partial charge on any atom is 0.128 e. The molecule has 0 amide bonds. The molecule has 21 heavy (non-hydrogen) atoms. The molecule has 2 heterocycles. The fraction of sp³-hybridized carbons (Fsp3) is 0.353. The number of fused-ring (bicyclic) bond motifs is 1. The average Bonchev–Trinajstić information content (AvgIpc) is 3.02. The van der Waals surface area contributed by atoms with Crippen LogP contribution in [0.2, 0.25) is 0 Å². The van der Waals surface area contributed by atoms with Crippen LogP contribution in [-0.2, 0) is 20.1 Å². The second-order valence-electron chi connectivity index (χ2n) is 5.79. The first kappa shape index (κ1) is 13.9. The van der Waals surface area contributed by atoms with Crippen LogP contribution >= 0.6 is 0 Å². The summed E-state index contributed by atoms with van der Waals surface area (Å²) < 4.78 is 4.36. The second-order valence-corrected chi connectivity index (χ2v) is 5.79. The summed E-state index contributed by atoms with van der Waals surface area (Å²) in [6.45, 7) is 6.04. The maximum atomic E-state index is 4.43. The van der Waals surface area contributed by atoms with Crippen molar-refractivity contribution in [2.24, 2.45) is 7.05 Å². The van der Waals surface area contributed by atoms with Crippen LogP contribution < -0.4 is 5.32 Å². The van der Waals surface area contributed by atoms with Gasteiger partial charge in [-0.05, 0) is 11.6 Å². The molecule has 1 aromatic carbocycles. The van der Waals surface area contributed by atoms with Gasteiger partial charge in [0.05, 0.1) is 6.54 Å². The minimum atomic E-state index is 0.488. The van der Waals surface area contributed by atoms with Gasteiger partial charge in [0.25, 0.3) is 0 Å². The Morgan fingerprint density at radius 1 is 1.24 bits per heavy atom. The third-order valence-electron chi connectivity index (χ3n) is 3.80. The molecule has 0 atom stereocenters. The molecule has 2 aromatic heterocycles. The van der Waals surface area contributed by atoms with Crippen molar-refractivity contribution in [3.8, 4) is 0 Å². The van der Waals surface area contributed by atoms with Gasteiger partial charge in [-0.15, -0.1) is 0 Å². The first-order valence-corrected chi connectivity index (χ1v) is 7.41. The van der Waals surface area contributed by atoms with Gasteiger partial charge in [0.15, 0.2) is 0 Å². The number of aromatic nitrogens is 3. The predicted molar refractivity (Wildman–Crippen MR) is 86.2 cm³/mol. The zero-order chi connectivity index (χ0) is 14.8. The molecule has 1 N–H and O–H groups in total. The number of nitrogens with one attached hydrogen (secondary N) is 1. The molecule has 0 aliphatic rings. The van der Waals surface area contributed by atoms with E-state index >= 15 is 0 Å². The molecule has 0 radical (unpaired) electrons. The van der Waals surface area contributed by atoms with Crippen molar-refractivity contribution < 1.29 is 0 Å². The number of hydrogen-bond acceptors (Lipinski definition) is 2. The Morgan fingerprint density at radius 3 is 2.76 bits per heavy atom. The summed E-state index contributed by atoms with van der Waals surface area (Å²) in [5, 5.41) is 4.82. The van der Waals surface area contributed by atoms with Gasteiger partial charge in [0, 0.05) is 49.1 Å². The molecule has 0 saturated carbocycles. The molecule has 0 saturated heterocycles. The third kappa shape index (κ3) is 2.85. The van der Waals surface area contributed by atoms with Crippen LogP contribution in [0.5, 0.6) is 0 Å². The molecule has 3 aromatic rings. The monoisotopic (exact) mass is 282 g/mol. The highest BCUT2D eigenvalue weighted by Crippen LogP contribution is 2.22. The Bertz CT molecular complexity index is 736. The average molecular weight is 282 g/mol. The first-order valence-electron chi connectivity index (χ1n) is 7.41. The van der Waals surface area contributed by atoms with Crippen LogP contribution in [0.15, 0.2) is 42.9 Å². The molecule has 0 aliphatic carbocycles. The van der Waals surface area contributed by atoms with Crippen molar-refractivity contribution in [1.82, 2.24) is 19.4 Å². The molecule has 110 valence electrons. The van der Waals surface area contributed by atoms with E-state index in [0.717, 1.165) is 18.9 Å². The number of benzene rings is 1. The lowest BCUT2D eigenvalue weighted by Crippen LogP contribution is -2.21. The van der Waals surface area contributed by atoms with Gasteiger partial charge in [-0.25, -0.2) is 4.98 Å². The van der Waals surface area contributed by atoms with E-state index in [9.17, 15) is 0 Å². The van der Waals surface area contributed by atoms with Crippen LogP contribution in [-0.4, -0.2) is 20.2 Å². The fourth-order valence-corrected chi connectivity index (χ4v) is 2.61. The second kappa shape index (κ2) is 5.74. The number of para-hydroxylation sites is 1. The van der Waals surface area contributed by atoms with Crippen molar-refractivity contribution >= 4 is 10.9 Å². The van der Waals surface area contributed by atoms with Crippen LogP contribution in [0.4, 0.5) is 0 Å². The zero-order valence-corrected chi connectivity index (χ0v) is 12.9. The predicted octanol–water partition coefficient (Wildman–Crippen LogP) is 2.92. The lowest BCUT2D eigenvalue weighted by atomic mass is 10.2. The Balaban J connectivity index is 1.96. The molecule has 0 fully saturated rings. The van der Waals surface area contributed by atoms with Gasteiger partial charge in [-0.2, -0.15) is 0 Å². The molecule has 0 aliphatic heterocycles. The van der Waals surface area contributed by atoms with E-state index in [2.05, 4.69) is 63.7 Å². The minimum Gasteiger partial charge on any atom is -0.340 e. The topological polar surface area (TPSA) is 34.8 Å². The first-order chi connectivity index (χ1) is 10.1. The smallest absolute Gasteiger partial charge is 0.128 e. The summed E-state index contributed by atoms with van der Waals surface area (Å²) in [6, 6.07) is 9.06. The van der Waals surface area contributed by atoms with Gasteiger partial charge in [0.1, 0.15) is 5.82 Å². The summed E-state index contributed by atoms with van der Waals surface area (Å²) in [5.74, 6) is 1.07. The van der Waals surface area contributed by atoms with Crippen LogP contribution in [0, 0.1) is 0 Å². The molecule has 4 nitrogen and oxygen atoms in total. The highest BCUT2D eigenvalue weighted by atomic mass is 15.1. The molecule has 0 spiro atoms. The Morgan fingerprint density at radius 2 is 2.05 bits per heavy atom. The normalized spacial score (nSPS) is 11.6. The minimum absolute atomic E-state index is 0.488. The van der Waals surface area contributed by atoms with Gasteiger partial charge >= 0.3 is 0 Å². The van der Waals surface area contributed by atoms with Crippen molar-refractivity contribution in [2.75, 3.05) is 0 Å². The highest BCUT2D eigenvalue weighted by molar-refractivity contribution is 5.84. The van der Waals surface area contributed by atoms with Crippen molar-refractivity contribution in [1.29, 1.82) is 0 Å². The van der Waals surface area contributed by atoms with Gasteiger partial charge < -0.3 is 14.5 Å². The molecular formula is C17H22N4. The van der Waals surface area contributed by atoms with Crippen molar-refractivity contribution in [3.63, 3.8) is 0 Å². The Kier molecular flexibility index (Phi) is 3.80. The zero-order valence-electron chi connectivity index (χ0n) is 12.9. The molecule has 3 rings (SSSR count). The molecule has 4 heteroatoms. The highest BCUT2D eigenvalue weighted by Gasteiger charge is 2.10. The number of nitrogens with zero attached hydrogens (tertiary/aromatic N) is 3. The van der Waals surface area contributed by atoms with Crippen LogP contribution in [0.3, 0.4) is 0 Å². The number of aryl methyl sites for hydroxylation is 1. The van der Waals surface area contributed by atoms with Gasteiger partial charge in [0.2, 0.25) is 0 Å². The summed E-state index contributed by atoms with van der Waals surface area (Å²) in [5.41, 5.74) is 2.61. The van der Waals surface area contributed by atoms with E-state index in [1.165, 1.54) is 16.5 Å². The standard InChI is InChI=1S/C17H22N4/c1-13(2)19-10-14-11-21(12-17-18-8-9-20(17)3)16-7-5-4-6-15(14)16/h4-9,11,13,19H,10,12H2,1-3H3. The number of imidazole rings is 1. The summed E-state index contributed by atoms with van der Waals surface area (Å²) in [4.78, 5) is 4.43. The Labute approximate surface area is 125 Å². The van der Waals surface area contributed by atoms with E-state index in [1.54, 1.807) is 0 Å². The van der Waals surface area contributed by atoms with Crippen LogP contribution in [0.1, 0.15) is 25.2 Å². The fourth-order valence-electron chi connectivity index (χ4n) is 2.61. The molecular weight excluding hydrogens is 260 g/mol. The van der Waals surface area contributed by atoms with Crippen LogP contribution in [0.25, 0.3) is 10.9 Å². The quantitative estimate of drug-likeness (QED) is 0.781. The molecule has 0 bridgehead atoms. The lowest BCUT2D eigenvalue weighted by Gasteiger charge is -2.06. The largest absolute Gasteiger partial charge is 0.340 e. The Hall–Kier alpha value is -2.07. The van der Waals surface area contributed by atoms with Crippen molar-refractivity contribution in [2.45, 2.75) is 33.0 Å². The third-order valence-corrected chi connectivity index (χ3v) is 3.80. The molecule has 0 unspecified atom stereocenters. The van der Waals surface area contributed by atoms with E-state index in [-0.39, 0.29) is 0 Å². The lowest BCUT2D eigenvalue weighted by molar-refractivity contribution is 0.589. The van der Waals surface area contributed by atoms with E-state index in [0.29, 0.717) is 6.04 Å². The van der Waals surface area contributed by atoms with Gasteiger partial charge in [-0.3, -0.25) is 0 Å². The summed E-state index contributed by atoms with van der Waals surface area (Å²) >= 11 is 0. The van der Waals surface area contributed by atoms with Crippen molar-refractivity contribution in [3.05, 3.63) is 54.2 Å². The number of rotatable bonds is 5. The van der Waals surface area contributed by atoms with E-state index in [1.807, 2.05) is 19.4 Å². The summed E-state index contributed by atoms with van der Waals surface area (Å²) in [6.07, 6.45) is 6.08. The number of hydrogen-bond donors (Lipinski definition) is 1. The van der Waals surface area contributed by atoms with E-state index < -0.39 is 0 Å². The van der Waals surface area contributed by atoms with Gasteiger partial charge in [-0.1, -0.05) is 32.0 Å².